The highest BCUT2D eigenvalue weighted by Crippen LogP contribution is 2.29. The smallest absolute Gasteiger partial charge is 0.336 e. The van der Waals surface area contributed by atoms with Crippen molar-refractivity contribution < 1.29 is 18.7 Å². The molecule has 6 nitrogen and oxygen atoms in total. The Bertz CT molecular complexity index is 1050. The van der Waals surface area contributed by atoms with Crippen LogP contribution in [0.25, 0.3) is 11.0 Å². The second kappa shape index (κ2) is 7.72. The molecule has 1 amide bonds. The van der Waals surface area contributed by atoms with Gasteiger partial charge < -0.3 is 19.2 Å². The van der Waals surface area contributed by atoms with Gasteiger partial charge in [-0.15, -0.1) is 0 Å². The molecule has 7 heteroatoms. The van der Waals surface area contributed by atoms with E-state index in [1.807, 2.05) is 6.92 Å². The van der Waals surface area contributed by atoms with E-state index in [-0.39, 0.29) is 18.0 Å². The number of halogens is 1. The van der Waals surface area contributed by atoms with Crippen LogP contribution in [-0.4, -0.2) is 20.1 Å². The second-order valence-electron chi connectivity index (χ2n) is 5.91. The molecule has 0 radical (unpaired) electrons. The third kappa shape index (κ3) is 3.75. The molecule has 1 heterocycles. The summed E-state index contributed by atoms with van der Waals surface area (Å²) < 4.78 is 15.7. The van der Waals surface area contributed by atoms with Crippen LogP contribution in [0.4, 0.5) is 0 Å². The van der Waals surface area contributed by atoms with Crippen molar-refractivity contribution in [3.05, 3.63) is 68.5 Å². The van der Waals surface area contributed by atoms with Crippen LogP contribution < -0.4 is 20.4 Å². The first kappa shape index (κ1) is 18.8. The largest absolute Gasteiger partial charge is 0.496 e. The molecular weight excluding hydrogens is 370 g/mol. The van der Waals surface area contributed by atoms with Crippen molar-refractivity contribution >= 4 is 28.5 Å². The Labute approximate surface area is 160 Å². The predicted octanol–water partition coefficient (Wildman–Crippen LogP) is 3.70. The fourth-order valence-electron chi connectivity index (χ4n) is 2.83. The fraction of sp³-hybridized carbons (Fsp3) is 0.200. The van der Waals surface area contributed by atoms with Gasteiger partial charge in [0.1, 0.15) is 22.6 Å². The van der Waals surface area contributed by atoms with Crippen LogP contribution >= 0.6 is 11.6 Å². The summed E-state index contributed by atoms with van der Waals surface area (Å²) in [5.41, 5.74) is 1.60. The van der Waals surface area contributed by atoms with E-state index < -0.39 is 5.63 Å². The zero-order chi connectivity index (χ0) is 19.6. The molecule has 3 rings (SSSR count). The van der Waals surface area contributed by atoms with E-state index >= 15 is 0 Å². The van der Waals surface area contributed by atoms with Gasteiger partial charge in [0.15, 0.2) is 0 Å². The van der Waals surface area contributed by atoms with E-state index in [0.29, 0.717) is 33.1 Å². The molecule has 140 valence electrons. The number of nitrogens with one attached hydrogen (secondary N) is 1. The van der Waals surface area contributed by atoms with Crippen molar-refractivity contribution in [3.63, 3.8) is 0 Å². The fourth-order valence-corrected chi connectivity index (χ4v) is 3.00. The minimum Gasteiger partial charge on any atom is -0.496 e. The number of benzene rings is 2. The number of amides is 1. The van der Waals surface area contributed by atoms with Crippen molar-refractivity contribution in [2.45, 2.75) is 13.5 Å². The highest BCUT2D eigenvalue weighted by Gasteiger charge is 2.18. The Balaban J connectivity index is 1.95. The van der Waals surface area contributed by atoms with Gasteiger partial charge in [0, 0.05) is 23.0 Å². The molecule has 27 heavy (non-hydrogen) atoms. The molecule has 3 aromatic rings. The quantitative estimate of drug-likeness (QED) is 0.675. The van der Waals surface area contributed by atoms with Gasteiger partial charge in [0.05, 0.1) is 14.2 Å². The number of aryl methyl sites for hydroxylation is 1. The van der Waals surface area contributed by atoms with Crippen LogP contribution in [0.3, 0.4) is 0 Å². The second-order valence-corrected chi connectivity index (χ2v) is 6.32. The van der Waals surface area contributed by atoms with E-state index in [0.717, 1.165) is 5.56 Å². The molecule has 0 saturated carbocycles. The first-order valence-corrected chi connectivity index (χ1v) is 8.54. The molecule has 0 bridgehead atoms. The topological polar surface area (TPSA) is 77.8 Å². The van der Waals surface area contributed by atoms with Gasteiger partial charge in [0.2, 0.25) is 0 Å². The standard InChI is InChI=1S/C20H18ClNO5/c1-11-7-17-13(9-14(11)21)12(8-18(23)27-17)10-22-20(24)19-15(25-2)5-4-6-16(19)26-3/h4-9H,10H2,1-3H3,(H,22,24). The summed E-state index contributed by atoms with van der Waals surface area (Å²) in [5, 5.41) is 4.01. The Hall–Kier alpha value is -2.99. The Kier molecular flexibility index (Phi) is 5.37. The zero-order valence-corrected chi connectivity index (χ0v) is 15.8. The van der Waals surface area contributed by atoms with Gasteiger partial charge in [-0.05, 0) is 42.3 Å². The summed E-state index contributed by atoms with van der Waals surface area (Å²) in [4.78, 5) is 24.6. The highest BCUT2D eigenvalue weighted by molar-refractivity contribution is 6.32. The number of carbonyl (C=O) groups is 1. The lowest BCUT2D eigenvalue weighted by atomic mass is 10.1. The number of ether oxygens (including phenoxy) is 2. The van der Waals surface area contributed by atoms with Crippen molar-refractivity contribution in [3.8, 4) is 11.5 Å². The average Bonchev–Trinajstić information content (AvgIpc) is 2.66. The molecule has 0 aliphatic rings. The molecule has 0 unspecified atom stereocenters. The Morgan fingerprint density at radius 3 is 2.44 bits per heavy atom. The van der Waals surface area contributed by atoms with Crippen LogP contribution in [0.2, 0.25) is 5.02 Å². The molecule has 1 aromatic heterocycles. The zero-order valence-electron chi connectivity index (χ0n) is 15.1. The third-order valence-corrected chi connectivity index (χ3v) is 4.61. The maximum atomic E-state index is 12.7. The lowest BCUT2D eigenvalue weighted by Crippen LogP contribution is -2.24. The number of hydrogen-bond acceptors (Lipinski definition) is 5. The minimum absolute atomic E-state index is 0.113. The lowest BCUT2D eigenvalue weighted by molar-refractivity contribution is 0.0944. The van der Waals surface area contributed by atoms with Crippen LogP contribution in [0.5, 0.6) is 11.5 Å². The van der Waals surface area contributed by atoms with Crippen molar-refractivity contribution in [2.75, 3.05) is 14.2 Å². The van der Waals surface area contributed by atoms with Crippen LogP contribution in [0.1, 0.15) is 21.5 Å². The van der Waals surface area contributed by atoms with E-state index in [4.69, 9.17) is 25.5 Å². The number of fused-ring (bicyclic) bond motifs is 1. The predicted molar refractivity (Wildman–Crippen MR) is 103 cm³/mol. The van der Waals surface area contributed by atoms with Crippen LogP contribution in [0, 0.1) is 6.92 Å². The van der Waals surface area contributed by atoms with Gasteiger partial charge in [-0.1, -0.05) is 17.7 Å². The van der Waals surface area contributed by atoms with Gasteiger partial charge in [-0.2, -0.15) is 0 Å². The number of rotatable bonds is 5. The molecular formula is C20H18ClNO5. The first-order chi connectivity index (χ1) is 12.9. The molecule has 0 saturated heterocycles. The molecule has 0 aliphatic heterocycles. The van der Waals surface area contributed by atoms with Gasteiger partial charge in [-0.3, -0.25) is 4.79 Å². The summed E-state index contributed by atoms with van der Waals surface area (Å²) in [6, 6.07) is 9.84. The highest BCUT2D eigenvalue weighted by atomic mass is 35.5. The van der Waals surface area contributed by atoms with Crippen LogP contribution in [-0.2, 0) is 6.54 Å². The van der Waals surface area contributed by atoms with Crippen LogP contribution in [0.15, 0.2) is 45.6 Å². The molecule has 1 N–H and O–H groups in total. The Morgan fingerprint density at radius 1 is 1.15 bits per heavy atom. The summed E-state index contributed by atoms with van der Waals surface area (Å²) in [7, 11) is 2.96. The molecule has 0 atom stereocenters. The molecule has 0 aliphatic carbocycles. The van der Waals surface area contributed by atoms with Crippen molar-refractivity contribution in [1.82, 2.24) is 5.32 Å². The minimum atomic E-state index is -0.497. The van der Waals surface area contributed by atoms with Gasteiger partial charge >= 0.3 is 5.63 Å². The first-order valence-electron chi connectivity index (χ1n) is 8.16. The maximum Gasteiger partial charge on any atom is 0.336 e. The third-order valence-electron chi connectivity index (χ3n) is 4.20. The summed E-state index contributed by atoms with van der Waals surface area (Å²) in [6.07, 6.45) is 0. The number of methoxy groups -OCH3 is 2. The summed E-state index contributed by atoms with van der Waals surface area (Å²) >= 11 is 6.20. The van der Waals surface area contributed by atoms with E-state index in [1.165, 1.54) is 20.3 Å². The molecule has 0 fully saturated rings. The number of hydrogen-bond donors (Lipinski definition) is 1. The summed E-state index contributed by atoms with van der Waals surface area (Å²) in [5.74, 6) is 0.398. The lowest BCUT2D eigenvalue weighted by Gasteiger charge is -2.13. The van der Waals surface area contributed by atoms with Crippen molar-refractivity contribution in [1.29, 1.82) is 0 Å². The SMILES string of the molecule is COc1cccc(OC)c1C(=O)NCc1cc(=O)oc2cc(C)c(Cl)cc12. The van der Waals surface area contributed by atoms with Crippen molar-refractivity contribution in [2.24, 2.45) is 0 Å². The number of carbonyl (C=O) groups excluding carboxylic acids is 1. The monoisotopic (exact) mass is 387 g/mol. The van der Waals surface area contributed by atoms with Gasteiger partial charge in [-0.25, -0.2) is 4.79 Å². The van der Waals surface area contributed by atoms with E-state index in [9.17, 15) is 9.59 Å². The maximum absolute atomic E-state index is 12.7. The Morgan fingerprint density at radius 2 is 1.81 bits per heavy atom. The van der Waals surface area contributed by atoms with E-state index in [1.54, 1.807) is 30.3 Å². The summed E-state index contributed by atoms with van der Waals surface area (Å²) in [6.45, 7) is 1.94. The van der Waals surface area contributed by atoms with Gasteiger partial charge in [0.25, 0.3) is 5.91 Å². The average molecular weight is 388 g/mol. The van der Waals surface area contributed by atoms with E-state index in [2.05, 4.69) is 5.32 Å². The normalized spacial score (nSPS) is 10.7. The molecule has 0 spiro atoms. The molecule has 2 aromatic carbocycles.